The minimum atomic E-state index is -0.522. The van der Waals surface area contributed by atoms with E-state index in [2.05, 4.69) is 0 Å². The van der Waals surface area contributed by atoms with E-state index in [4.69, 9.17) is 13.6 Å². The summed E-state index contributed by atoms with van der Waals surface area (Å²) in [4.78, 5) is 27.4. The van der Waals surface area contributed by atoms with Gasteiger partial charge in [0.15, 0.2) is 0 Å². The van der Waals surface area contributed by atoms with Crippen LogP contribution in [0.2, 0.25) is 0 Å². The first-order valence-electron chi connectivity index (χ1n) is 10.4. The number of methoxy groups -OCH3 is 1. The summed E-state index contributed by atoms with van der Waals surface area (Å²) in [6.45, 7) is 0. The molecule has 0 fully saturated rings. The van der Waals surface area contributed by atoms with Gasteiger partial charge in [-0.2, -0.15) is 0 Å². The molecule has 164 valence electrons. The van der Waals surface area contributed by atoms with E-state index in [1.54, 1.807) is 31.4 Å². The maximum absolute atomic E-state index is 12.9. The molecule has 6 nitrogen and oxygen atoms in total. The highest BCUT2D eigenvalue weighted by atomic mass is 16.5. The van der Waals surface area contributed by atoms with Gasteiger partial charge in [0.1, 0.15) is 16.9 Å². The monoisotopic (exact) mass is 439 g/mol. The second kappa shape index (κ2) is 7.98. The second-order valence-corrected chi connectivity index (χ2v) is 7.95. The molecule has 0 atom stereocenters. The van der Waals surface area contributed by atoms with Gasteiger partial charge in [0.05, 0.1) is 12.7 Å². The zero-order valence-electron chi connectivity index (χ0n) is 18.4. The van der Waals surface area contributed by atoms with E-state index in [0.717, 1.165) is 27.6 Å². The summed E-state index contributed by atoms with van der Waals surface area (Å²) in [5.74, 6) is 0.597. The molecule has 2 heterocycles. The zero-order valence-corrected chi connectivity index (χ0v) is 18.4. The van der Waals surface area contributed by atoms with Gasteiger partial charge in [-0.05, 0) is 41.5 Å². The summed E-state index contributed by atoms with van der Waals surface area (Å²) in [6.07, 6.45) is 0. The van der Waals surface area contributed by atoms with E-state index in [1.165, 1.54) is 6.07 Å². The summed E-state index contributed by atoms with van der Waals surface area (Å²) in [5, 5.41) is 1.47. The smallest absolute Gasteiger partial charge is 0.344 e. The van der Waals surface area contributed by atoms with E-state index < -0.39 is 11.3 Å². The fourth-order valence-corrected chi connectivity index (χ4v) is 3.98. The summed E-state index contributed by atoms with van der Waals surface area (Å²) in [5.41, 5.74) is 3.25. The molecule has 0 amide bonds. The number of anilines is 1. The first kappa shape index (κ1) is 20.6. The lowest BCUT2D eigenvalue weighted by atomic mass is 9.97. The van der Waals surface area contributed by atoms with Gasteiger partial charge in [-0.1, -0.05) is 30.3 Å². The Kier molecular flexibility index (Phi) is 4.98. The van der Waals surface area contributed by atoms with Gasteiger partial charge < -0.3 is 18.5 Å². The van der Waals surface area contributed by atoms with Crippen molar-refractivity contribution >= 4 is 27.6 Å². The van der Waals surface area contributed by atoms with Gasteiger partial charge in [-0.25, -0.2) is 9.59 Å². The molecule has 0 unspecified atom stereocenters. The Hall–Kier alpha value is -4.32. The Morgan fingerprint density at radius 3 is 2.30 bits per heavy atom. The summed E-state index contributed by atoms with van der Waals surface area (Å²) in [6, 6.07) is 21.9. The number of hydrogen-bond acceptors (Lipinski definition) is 6. The fraction of sp³-hybridized carbons (Fsp3) is 0.111. The van der Waals surface area contributed by atoms with E-state index in [1.807, 2.05) is 61.5 Å². The van der Waals surface area contributed by atoms with Crippen molar-refractivity contribution in [3.05, 3.63) is 93.6 Å². The molecule has 0 spiro atoms. The molecular formula is C27H21NO5. The second-order valence-electron chi connectivity index (χ2n) is 7.95. The summed E-state index contributed by atoms with van der Waals surface area (Å²) < 4.78 is 16.4. The molecule has 33 heavy (non-hydrogen) atoms. The van der Waals surface area contributed by atoms with Gasteiger partial charge >= 0.3 is 11.3 Å². The Bertz CT molecular complexity index is 1610. The van der Waals surface area contributed by atoms with Crippen molar-refractivity contribution in [2.24, 2.45) is 0 Å². The van der Waals surface area contributed by atoms with Crippen LogP contribution in [0.1, 0.15) is 0 Å². The predicted octanol–water partition coefficient (Wildman–Crippen LogP) is 5.31. The molecule has 6 heteroatoms. The summed E-state index contributed by atoms with van der Waals surface area (Å²) in [7, 11) is 5.50. The lowest BCUT2D eigenvalue weighted by Crippen LogP contribution is -2.08. The quantitative estimate of drug-likeness (QED) is 0.354. The molecule has 3 aromatic carbocycles. The van der Waals surface area contributed by atoms with Gasteiger partial charge in [-0.15, -0.1) is 0 Å². The number of benzene rings is 3. The van der Waals surface area contributed by atoms with Crippen LogP contribution in [-0.4, -0.2) is 21.2 Å². The maximum atomic E-state index is 12.9. The lowest BCUT2D eigenvalue weighted by molar-refractivity contribution is 0.414. The van der Waals surface area contributed by atoms with Crippen LogP contribution in [-0.2, 0) is 0 Å². The molecule has 0 aliphatic heterocycles. The highest BCUT2D eigenvalue weighted by Gasteiger charge is 2.16. The maximum Gasteiger partial charge on any atom is 0.344 e. The summed E-state index contributed by atoms with van der Waals surface area (Å²) >= 11 is 0. The Labute approximate surface area is 189 Å². The topological polar surface area (TPSA) is 72.9 Å². The van der Waals surface area contributed by atoms with Crippen molar-refractivity contribution in [1.29, 1.82) is 0 Å². The van der Waals surface area contributed by atoms with Gasteiger partial charge in [0, 0.05) is 48.3 Å². The van der Waals surface area contributed by atoms with Crippen LogP contribution in [0.3, 0.4) is 0 Å². The van der Waals surface area contributed by atoms with Crippen molar-refractivity contribution in [2.75, 3.05) is 26.1 Å². The van der Waals surface area contributed by atoms with Crippen LogP contribution < -0.4 is 20.9 Å². The Morgan fingerprint density at radius 1 is 0.788 bits per heavy atom. The van der Waals surface area contributed by atoms with E-state index in [0.29, 0.717) is 28.0 Å². The minimum Gasteiger partial charge on any atom is -0.497 e. The van der Waals surface area contributed by atoms with Crippen molar-refractivity contribution in [1.82, 2.24) is 0 Å². The van der Waals surface area contributed by atoms with Crippen LogP contribution in [0.5, 0.6) is 5.75 Å². The van der Waals surface area contributed by atoms with Crippen LogP contribution in [0, 0.1) is 0 Å². The largest absolute Gasteiger partial charge is 0.497 e. The fourth-order valence-electron chi connectivity index (χ4n) is 3.98. The molecule has 0 bridgehead atoms. The van der Waals surface area contributed by atoms with E-state index in [-0.39, 0.29) is 0 Å². The number of hydrogen-bond donors (Lipinski definition) is 0. The van der Waals surface area contributed by atoms with Gasteiger partial charge in [-0.3, -0.25) is 0 Å². The third-order valence-electron chi connectivity index (χ3n) is 5.70. The molecule has 0 N–H and O–H groups in total. The molecule has 0 saturated heterocycles. The number of rotatable bonds is 4. The predicted molar refractivity (Wildman–Crippen MR) is 130 cm³/mol. The number of ether oxygens (including phenoxy) is 1. The third-order valence-corrected chi connectivity index (χ3v) is 5.70. The number of fused-ring (bicyclic) bond motifs is 2. The first-order chi connectivity index (χ1) is 15.9. The van der Waals surface area contributed by atoms with Crippen LogP contribution in [0.4, 0.5) is 5.69 Å². The van der Waals surface area contributed by atoms with Crippen molar-refractivity contribution in [2.45, 2.75) is 0 Å². The molecule has 0 aliphatic rings. The lowest BCUT2D eigenvalue weighted by Gasteiger charge is -2.13. The first-order valence-corrected chi connectivity index (χ1v) is 10.4. The van der Waals surface area contributed by atoms with Gasteiger partial charge in [0.25, 0.3) is 0 Å². The van der Waals surface area contributed by atoms with Crippen LogP contribution >= 0.6 is 0 Å². The SMILES string of the molecule is COc1ccc2cc(-c3cccc4c(-c5ccc(N(C)C)cc5)cc(=O)oc34)c(=O)oc2c1. The highest BCUT2D eigenvalue weighted by Crippen LogP contribution is 2.34. The number of para-hydroxylation sites is 1. The van der Waals surface area contributed by atoms with E-state index in [9.17, 15) is 9.59 Å². The average Bonchev–Trinajstić information content (AvgIpc) is 2.82. The van der Waals surface area contributed by atoms with Crippen molar-refractivity contribution in [3.8, 4) is 28.0 Å². The van der Waals surface area contributed by atoms with E-state index >= 15 is 0 Å². The normalized spacial score (nSPS) is 11.1. The molecule has 5 rings (SSSR count). The molecule has 0 aliphatic carbocycles. The number of nitrogens with zero attached hydrogens (tertiary/aromatic N) is 1. The average molecular weight is 439 g/mol. The zero-order chi connectivity index (χ0) is 23.1. The van der Waals surface area contributed by atoms with Crippen LogP contribution in [0.15, 0.2) is 91.2 Å². The molecular weight excluding hydrogens is 418 g/mol. The van der Waals surface area contributed by atoms with Crippen molar-refractivity contribution in [3.63, 3.8) is 0 Å². The molecule has 0 radical (unpaired) electrons. The van der Waals surface area contributed by atoms with Crippen LogP contribution in [0.25, 0.3) is 44.2 Å². The van der Waals surface area contributed by atoms with Crippen molar-refractivity contribution < 1.29 is 13.6 Å². The molecule has 2 aromatic heterocycles. The van der Waals surface area contributed by atoms with Gasteiger partial charge in [0.2, 0.25) is 0 Å². The Morgan fingerprint density at radius 2 is 1.58 bits per heavy atom. The third kappa shape index (κ3) is 3.65. The Balaban J connectivity index is 1.73. The molecule has 0 saturated carbocycles. The standard InChI is InChI=1S/C27H21NO5/c1-28(2)18-10-7-16(8-11-18)22-15-25(29)33-26-20(22)5-4-6-21(26)23-13-17-9-12-19(31-3)14-24(17)32-27(23)30/h4-15H,1-3H3. The minimum absolute atomic E-state index is 0.321. The highest BCUT2D eigenvalue weighted by molar-refractivity contribution is 6.01. The molecule has 5 aromatic rings.